The van der Waals surface area contributed by atoms with Crippen molar-refractivity contribution < 1.29 is 4.79 Å². The Labute approximate surface area is 177 Å². The Hall–Kier alpha value is -2.38. The van der Waals surface area contributed by atoms with Gasteiger partial charge < -0.3 is 9.80 Å². The molecule has 1 saturated heterocycles. The Kier molecular flexibility index (Phi) is 4.59. The molecule has 1 aromatic carbocycles. The molecular formula is C21H21ClN4O2S. The van der Waals surface area contributed by atoms with Gasteiger partial charge in [-0.3, -0.25) is 14.2 Å². The minimum Gasteiger partial charge on any atom is -0.339 e. The lowest BCUT2D eigenvalue weighted by molar-refractivity contribution is 0.0746. The highest BCUT2D eigenvalue weighted by Gasteiger charge is 2.27. The van der Waals surface area contributed by atoms with Crippen molar-refractivity contribution in [2.24, 2.45) is 7.05 Å². The van der Waals surface area contributed by atoms with Crippen molar-refractivity contribution in [3.63, 3.8) is 0 Å². The van der Waals surface area contributed by atoms with Crippen molar-refractivity contribution >= 4 is 45.0 Å². The number of halogens is 1. The predicted molar refractivity (Wildman–Crippen MR) is 116 cm³/mol. The van der Waals surface area contributed by atoms with Gasteiger partial charge in [-0.1, -0.05) is 23.7 Å². The maximum atomic E-state index is 13.0. The molecule has 5 rings (SSSR count). The number of fused-ring (bicyclic) bond motifs is 3. The normalized spacial score (nSPS) is 16.5. The van der Waals surface area contributed by atoms with Gasteiger partial charge >= 0.3 is 0 Å². The zero-order valence-electron chi connectivity index (χ0n) is 16.2. The lowest BCUT2D eigenvalue weighted by atomic mass is 10.2. The third-order valence-corrected chi connectivity index (χ3v) is 7.39. The highest BCUT2D eigenvalue weighted by molar-refractivity contribution is 7.18. The molecule has 0 N–H and O–H groups in total. The standard InChI is InChI=1S/C21H21ClN4O2S/c1-24-20(28)17-14-6-4-8-16(14)29-18(17)23-21(24)26-11-9-25(10-12-26)19(27)13-5-2-3-7-15(13)22/h2-3,5,7H,4,6,8-12H2,1H3. The summed E-state index contributed by atoms with van der Waals surface area (Å²) in [5, 5.41) is 1.28. The number of anilines is 1. The first-order valence-electron chi connectivity index (χ1n) is 9.84. The molecule has 3 aromatic rings. The Morgan fingerprint density at radius 2 is 1.90 bits per heavy atom. The number of carbonyl (C=O) groups is 1. The summed E-state index contributed by atoms with van der Waals surface area (Å²) in [6.45, 7) is 2.40. The van der Waals surface area contributed by atoms with Crippen LogP contribution >= 0.6 is 22.9 Å². The van der Waals surface area contributed by atoms with Crippen molar-refractivity contribution in [2.75, 3.05) is 31.1 Å². The molecule has 0 unspecified atom stereocenters. The molecule has 6 nitrogen and oxygen atoms in total. The molecule has 0 radical (unpaired) electrons. The van der Waals surface area contributed by atoms with E-state index in [4.69, 9.17) is 16.6 Å². The first-order valence-corrected chi connectivity index (χ1v) is 11.0. The van der Waals surface area contributed by atoms with Crippen LogP contribution in [0.5, 0.6) is 0 Å². The van der Waals surface area contributed by atoms with Crippen LogP contribution in [0.15, 0.2) is 29.1 Å². The average Bonchev–Trinajstić information content (AvgIpc) is 3.31. The summed E-state index contributed by atoms with van der Waals surface area (Å²) in [5.41, 5.74) is 1.78. The first kappa shape index (κ1) is 18.6. The van der Waals surface area contributed by atoms with E-state index >= 15 is 0 Å². The molecular weight excluding hydrogens is 408 g/mol. The molecule has 8 heteroatoms. The van der Waals surface area contributed by atoms with E-state index in [1.54, 1.807) is 35.1 Å². The molecule has 150 valence electrons. The Bertz CT molecular complexity index is 1180. The maximum absolute atomic E-state index is 13.0. The van der Waals surface area contributed by atoms with Crippen LogP contribution in [0.4, 0.5) is 5.95 Å². The number of hydrogen-bond acceptors (Lipinski definition) is 5. The van der Waals surface area contributed by atoms with E-state index in [1.165, 1.54) is 10.4 Å². The van der Waals surface area contributed by atoms with Crippen LogP contribution in [0, 0.1) is 0 Å². The van der Waals surface area contributed by atoms with Gasteiger partial charge in [-0.2, -0.15) is 0 Å². The Morgan fingerprint density at radius 3 is 2.66 bits per heavy atom. The van der Waals surface area contributed by atoms with Crippen molar-refractivity contribution in [3.05, 3.63) is 55.6 Å². The smallest absolute Gasteiger partial charge is 0.263 e. The fraction of sp³-hybridized carbons (Fsp3) is 0.381. The summed E-state index contributed by atoms with van der Waals surface area (Å²) < 4.78 is 1.67. The topological polar surface area (TPSA) is 58.4 Å². The molecule has 29 heavy (non-hydrogen) atoms. The van der Waals surface area contributed by atoms with E-state index in [9.17, 15) is 9.59 Å². The van der Waals surface area contributed by atoms with Gasteiger partial charge in [0.2, 0.25) is 5.95 Å². The van der Waals surface area contributed by atoms with Gasteiger partial charge in [-0.25, -0.2) is 4.98 Å². The summed E-state index contributed by atoms with van der Waals surface area (Å²) in [6.07, 6.45) is 3.16. The van der Waals surface area contributed by atoms with E-state index < -0.39 is 0 Å². The number of rotatable bonds is 2. The average molecular weight is 429 g/mol. The molecule has 0 bridgehead atoms. The minimum absolute atomic E-state index is 0.0407. The Balaban J connectivity index is 1.39. The third kappa shape index (κ3) is 3.04. The molecule has 3 heterocycles. The van der Waals surface area contributed by atoms with Gasteiger partial charge in [0.1, 0.15) is 4.83 Å². The van der Waals surface area contributed by atoms with Crippen LogP contribution in [0.3, 0.4) is 0 Å². The van der Waals surface area contributed by atoms with Crippen molar-refractivity contribution in [2.45, 2.75) is 19.3 Å². The number of carbonyl (C=O) groups excluding carboxylic acids is 1. The lowest BCUT2D eigenvalue weighted by Gasteiger charge is -2.36. The molecule has 0 spiro atoms. The summed E-state index contributed by atoms with van der Waals surface area (Å²) in [5.74, 6) is 0.634. The molecule has 0 atom stereocenters. The molecule has 2 aliphatic rings. The predicted octanol–water partition coefficient (Wildman–Crippen LogP) is 3.10. The largest absolute Gasteiger partial charge is 0.339 e. The van der Waals surface area contributed by atoms with E-state index in [0.29, 0.717) is 42.7 Å². The number of benzene rings is 1. The maximum Gasteiger partial charge on any atom is 0.263 e. The van der Waals surface area contributed by atoms with Crippen LogP contribution < -0.4 is 10.5 Å². The molecule has 0 saturated carbocycles. The second-order valence-electron chi connectivity index (χ2n) is 7.57. The molecule has 2 aromatic heterocycles. The van der Waals surface area contributed by atoms with Crippen molar-refractivity contribution in [1.29, 1.82) is 0 Å². The molecule has 1 amide bonds. The van der Waals surface area contributed by atoms with Gasteiger partial charge in [-0.05, 0) is 37.0 Å². The quantitative estimate of drug-likeness (QED) is 0.629. The van der Waals surface area contributed by atoms with E-state index in [-0.39, 0.29) is 11.5 Å². The second kappa shape index (κ2) is 7.15. The minimum atomic E-state index is -0.0535. The zero-order valence-corrected chi connectivity index (χ0v) is 17.7. The van der Waals surface area contributed by atoms with Crippen molar-refractivity contribution in [3.8, 4) is 0 Å². The lowest BCUT2D eigenvalue weighted by Crippen LogP contribution is -2.50. The van der Waals surface area contributed by atoms with Gasteiger partial charge in [0.05, 0.1) is 16.0 Å². The van der Waals surface area contributed by atoms with Crippen LogP contribution in [-0.4, -0.2) is 46.5 Å². The number of aromatic nitrogens is 2. The number of aryl methyl sites for hydroxylation is 2. The number of thiophene rings is 1. The fourth-order valence-corrected chi connectivity index (χ4v) is 5.77. The summed E-state index contributed by atoms with van der Waals surface area (Å²) in [4.78, 5) is 36.8. The van der Waals surface area contributed by atoms with Crippen LogP contribution in [0.2, 0.25) is 5.02 Å². The molecule has 1 aliphatic heterocycles. The van der Waals surface area contributed by atoms with Gasteiger partial charge in [-0.15, -0.1) is 11.3 Å². The summed E-state index contributed by atoms with van der Waals surface area (Å²) in [7, 11) is 1.80. The summed E-state index contributed by atoms with van der Waals surface area (Å²) in [6, 6.07) is 7.13. The molecule has 1 aliphatic carbocycles. The van der Waals surface area contributed by atoms with Crippen molar-refractivity contribution in [1.82, 2.24) is 14.5 Å². The monoisotopic (exact) mass is 428 g/mol. The highest BCUT2D eigenvalue weighted by Crippen LogP contribution is 2.35. The van der Waals surface area contributed by atoms with E-state index in [2.05, 4.69) is 4.90 Å². The van der Waals surface area contributed by atoms with Gasteiger partial charge in [0, 0.05) is 38.1 Å². The first-order chi connectivity index (χ1) is 14.0. The second-order valence-corrected chi connectivity index (χ2v) is 9.06. The third-order valence-electron chi connectivity index (χ3n) is 5.88. The number of piperazine rings is 1. The van der Waals surface area contributed by atoms with E-state index in [0.717, 1.165) is 29.5 Å². The molecule has 1 fully saturated rings. The van der Waals surface area contributed by atoms with Crippen LogP contribution in [0.1, 0.15) is 27.2 Å². The van der Waals surface area contributed by atoms with Gasteiger partial charge in [0.25, 0.3) is 11.5 Å². The number of hydrogen-bond donors (Lipinski definition) is 0. The fourth-order valence-electron chi connectivity index (χ4n) is 4.31. The summed E-state index contributed by atoms with van der Waals surface area (Å²) >= 11 is 7.84. The number of amides is 1. The highest BCUT2D eigenvalue weighted by atomic mass is 35.5. The van der Waals surface area contributed by atoms with Crippen LogP contribution in [-0.2, 0) is 19.9 Å². The Morgan fingerprint density at radius 1 is 1.14 bits per heavy atom. The van der Waals surface area contributed by atoms with Crippen LogP contribution in [0.25, 0.3) is 10.2 Å². The SMILES string of the molecule is Cn1c(N2CCN(C(=O)c3ccccc3Cl)CC2)nc2sc3c(c2c1=O)CCC3. The zero-order chi connectivity index (χ0) is 20.1. The van der Waals surface area contributed by atoms with E-state index in [1.807, 2.05) is 17.0 Å². The number of nitrogens with zero attached hydrogens (tertiary/aromatic N) is 4. The van der Waals surface area contributed by atoms with Gasteiger partial charge in [0.15, 0.2) is 0 Å².